The second-order valence-electron chi connectivity index (χ2n) is 3.57. The second-order valence-corrected chi connectivity index (χ2v) is 4.01. The smallest absolute Gasteiger partial charge is 0.271 e. The van der Waals surface area contributed by atoms with E-state index in [0.29, 0.717) is 11.6 Å². The Morgan fingerprint density at radius 3 is 3.12 bits per heavy atom. The Hall–Kier alpha value is -1.68. The molecule has 2 rings (SSSR count). The maximum Gasteiger partial charge on any atom is 0.271 e. The van der Waals surface area contributed by atoms with E-state index in [9.17, 15) is 4.79 Å². The number of rotatable bonds is 2. The first-order valence-corrected chi connectivity index (χ1v) is 5.39. The number of hydrogen-bond acceptors (Lipinski definition) is 5. The molecule has 6 nitrogen and oxygen atoms in total. The number of nitrogens with one attached hydrogen (secondary N) is 3. The summed E-state index contributed by atoms with van der Waals surface area (Å²) in [7, 11) is 0. The predicted molar refractivity (Wildman–Crippen MR) is 60.7 cm³/mol. The molecule has 17 heavy (non-hydrogen) atoms. The molecule has 1 aromatic heterocycles. The van der Waals surface area contributed by atoms with Crippen LogP contribution in [0.15, 0.2) is 18.3 Å². The number of nitriles is 1. The summed E-state index contributed by atoms with van der Waals surface area (Å²) in [5.74, 6) is -0.644. The number of carbonyl (C=O) groups is 1. The minimum atomic E-state index is -0.412. The lowest BCUT2D eigenvalue weighted by Gasteiger charge is -2.14. The van der Waals surface area contributed by atoms with Gasteiger partial charge in [0.15, 0.2) is 0 Å². The highest BCUT2D eigenvalue weighted by atomic mass is 35.5. The molecule has 2 heterocycles. The van der Waals surface area contributed by atoms with Gasteiger partial charge in [0.2, 0.25) is 0 Å². The van der Waals surface area contributed by atoms with Crippen LogP contribution in [0.3, 0.4) is 0 Å². The largest absolute Gasteiger partial charge is 0.333 e. The first-order chi connectivity index (χ1) is 8.20. The van der Waals surface area contributed by atoms with Gasteiger partial charge in [-0.05, 0) is 12.1 Å². The van der Waals surface area contributed by atoms with Crippen molar-refractivity contribution < 1.29 is 4.79 Å². The summed E-state index contributed by atoms with van der Waals surface area (Å²) >= 11 is 5.67. The molecular formula is C10H10ClN5O. The van der Waals surface area contributed by atoms with E-state index < -0.39 is 6.17 Å². The molecule has 0 bridgehead atoms. The standard InChI is InChI=1S/C10H10ClN5O/c11-7-1-2-8(13-5-7)10(17)15-9-6(3-12)4-14-16-9/h1-2,5-6,9,14,16H,4H2,(H,15,17). The number of pyridine rings is 1. The number of carbonyl (C=O) groups excluding carboxylic acids is 1. The van der Waals surface area contributed by atoms with Gasteiger partial charge in [-0.15, -0.1) is 0 Å². The van der Waals surface area contributed by atoms with Crippen molar-refractivity contribution in [2.24, 2.45) is 5.92 Å². The van der Waals surface area contributed by atoms with Crippen LogP contribution in [0.5, 0.6) is 0 Å². The monoisotopic (exact) mass is 251 g/mol. The number of halogens is 1. The van der Waals surface area contributed by atoms with Crippen molar-refractivity contribution in [3.8, 4) is 6.07 Å². The first kappa shape index (κ1) is 11.8. The quantitative estimate of drug-likeness (QED) is 0.691. The van der Waals surface area contributed by atoms with Crippen molar-refractivity contribution in [1.82, 2.24) is 21.2 Å². The molecule has 1 fully saturated rings. The molecule has 1 aromatic rings. The molecule has 2 unspecified atom stereocenters. The minimum Gasteiger partial charge on any atom is -0.333 e. The Morgan fingerprint density at radius 2 is 2.47 bits per heavy atom. The fourth-order valence-corrected chi connectivity index (χ4v) is 1.59. The zero-order chi connectivity index (χ0) is 12.3. The molecule has 0 radical (unpaired) electrons. The maximum absolute atomic E-state index is 11.8. The van der Waals surface area contributed by atoms with Crippen LogP contribution in [0.1, 0.15) is 10.5 Å². The summed E-state index contributed by atoms with van der Waals surface area (Å²) in [6, 6.07) is 5.22. The third kappa shape index (κ3) is 2.71. The summed E-state index contributed by atoms with van der Waals surface area (Å²) in [6.07, 6.45) is 0.989. The molecule has 7 heteroatoms. The summed E-state index contributed by atoms with van der Waals surface area (Å²) in [4.78, 5) is 15.7. The highest BCUT2D eigenvalue weighted by Gasteiger charge is 2.28. The van der Waals surface area contributed by atoms with Crippen molar-refractivity contribution in [2.75, 3.05) is 6.54 Å². The number of nitrogens with zero attached hydrogens (tertiary/aromatic N) is 2. The Bertz CT molecular complexity index is 455. The average Bonchev–Trinajstić information content (AvgIpc) is 2.77. The number of hydrogen-bond donors (Lipinski definition) is 3. The van der Waals surface area contributed by atoms with Crippen LogP contribution in [-0.2, 0) is 0 Å². The highest BCUT2D eigenvalue weighted by Crippen LogP contribution is 2.08. The van der Waals surface area contributed by atoms with Gasteiger partial charge < -0.3 is 5.32 Å². The lowest BCUT2D eigenvalue weighted by atomic mass is 10.1. The van der Waals surface area contributed by atoms with E-state index in [1.807, 2.05) is 0 Å². The van der Waals surface area contributed by atoms with Crippen LogP contribution in [0.2, 0.25) is 5.02 Å². The van der Waals surface area contributed by atoms with Gasteiger partial charge in [-0.25, -0.2) is 10.4 Å². The van der Waals surface area contributed by atoms with E-state index in [1.54, 1.807) is 6.07 Å². The van der Waals surface area contributed by atoms with Crippen molar-refractivity contribution in [1.29, 1.82) is 5.26 Å². The zero-order valence-corrected chi connectivity index (χ0v) is 9.53. The van der Waals surface area contributed by atoms with Gasteiger partial charge in [-0.3, -0.25) is 10.2 Å². The molecular weight excluding hydrogens is 242 g/mol. The zero-order valence-electron chi connectivity index (χ0n) is 8.77. The fourth-order valence-electron chi connectivity index (χ4n) is 1.48. The molecule has 0 aliphatic carbocycles. The normalized spacial score (nSPS) is 23.1. The van der Waals surface area contributed by atoms with E-state index in [1.165, 1.54) is 12.3 Å². The van der Waals surface area contributed by atoms with E-state index in [-0.39, 0.29) is 17.5 Å². The molecule has 0 spiro atoms. The lowest BCUT2D eigenvalue weighted by Crippen LogP contribution is -2.46. The Labute approximate surface area is 103 Å². The Morgan fingerprint density at radius 1 is 1.65 bits per heavy atom. The van der Waals surface area contributed by atoms with Gasteiger partial charge >= 0.3 is 0 Å². The first-order valence-electron chi connectivity index (χ1n) is 5.01. The predicted octanol–water partition coefficient (Wildman–Crippen LogP) is 0.0385. The molecule has 88 valence electrons. The SMILES string of the molecule is N#CC1CNNC1NC(=O)c1ccc(Cl)cn1. The summed E-state index contributed by atoms with van der Waals surface area (Å²) in [5, 5.41) is 12.0. The Balaban J connectivity index is 2.02. The van der Waals surface area contributed by atoms with E-state index in [2.05, 4.69) is 27.2 Å². The van der Waals surface area contributed by atoms with Crippen LogP contribution >= 0.6 is 11.6 Å². The van der Waals surface area contributed by atoms with Crippen LogP contribution in [0.4, 0.5) is 0 Å². The van der Waals surface area contributed by atoms with Crippen molar-refractivity contribution >= 4 is 17.5 Å². The third-order valence-electron chi connectivity index (χ3n) is 2.39. The van der Waals surface area contributed by atoms with Crippen LogP contribution in [0, 0.1) is 17.2 Å². The molecule has 1 aliphatic heterocycles. The van der Waals surface area contributed by atoms with E-state index >= 15 is 0 Å². The van der Waals surface area contributed by atoms with Gasteiger partial charge in [-0.2, -0.15) is 5.26 Å². The topological polar surface area (TPSA) is 89.8 Å². The minimum absolute atomic E-state index is 0.264. The van der Waals surface area contributed by atoms with Crippen molar-refractivity contribution in [3.63, 3.8) is 0 Å². The van der Waals surface area contributed by atoms with Crippen molar-refractivity contribution in [3.05, 3.63) is 29.0 Å². The van der Waals surface area contributed by atoms with Gasteiger partial charge in [0.1, 0.15) is 11.9 Å². The van der Waals surface area contributed by atoms with Gasteiger partial charge in [0, 0.05) is 12.7 Å². The fraction of sp³-hybridized carbons (Fsp3) is 0.300. The molecule has 0 aromatic carbocycles. The van der Waals surface area contributed by atoms with Gasteiger partial charge in [-0.1, -0.05) is 11.6 Å². The van der Waals surface area contributed by atoms with Gasteiger partial charge in [0.25, 0.3) is 5.91 Å². The second kappa shape index (κ2) is 5.10. The number of hydrazine groups is 1. The average molecular weight is 252 g/mol. The summed E-state index contributed by atoms with van der Waals surface area (Å²) in [6.45, 7) is 0.496. The molecule has 2 atom stereocenters. The number of aromatic nitrogens is 1. The highest BCUT2D eigenvalue weighted by molar-refractivity contribution is 6.30. The molecule has 1 saturated heterocycles. The number of amides is 1. The maximum atomic E-state index is 11.8. The van der Waals surface area contributed by atoms with E-state index in [0.717, 1.165) is 0 Å². The summed E-state index contributed by atoms with van der Waals surface area (Å²) < 4.78 is 0. The van der Waals surface area contributed by atoms with Crippen LogP contribution in [0.25, 0.3) is 0 Å². The van der Waals surface area contributed by atoms with Crippen LogP contribution < -0.4 is 16.2 Å². The van der Waals surface area contributed by atoms with E-state index in [4.69, 9.17) is 16.9 Å². The molecule has 0 saturated carbocycles. The molecule has 1 amide bonds. The third-order valence-corrected chi connectivity index (χ3v) is 2.62. The van der Waals surface area contributed by atoms with Crippen LogP contribution in [-0.4, -0.2) is 23.6 Å². The molecule has 3 N–H and O–H groups in total. The van der Waals surface area contributed by atoms with Crippen molar-refractivity contribution in [2.45, 2.75) is 6.17 Å². The molecule has 1 aliphatic rings. The summed E-state index contributed by atoms with van der Waals surface area (Å²) in [5.41, 5.74) is 5.89. The Kier molecular flexibility index (Phi) is 3.54. The lowest BCUT2D eigenvalue weighted by molar-refractivity contribution is 0.0922. The van der Waals surface area contributed by atoms with Gasteiger partial charge in [0.05, 0.1) is 17.0 Å².